The van der Waals surface area contributed by atoms with Crippen LogP contribution in [-0.4, -0.2) is 16.1 Å². The van der Waals surface area contributed by atoms with Crippen molar-refractivity contribution in [3.05, 3.63) is 51.1 Å². The third-order valence-electron chi connectivity index (χ3n) is 2.28. The molecule has 2 rings (SSSR count). The van der Waals surface area contributed by atoms with E-state index >= 15 is 0 Å². The number of carbonyl (C=O) groups is 1. The van der Waals surface area contributed by atoms with Gasteiger partial charge in [0.25, 0.3) is 0 Å². The second-order valence-electron chi connectivity index (χ2n) is 3.60. The number of anilines is 2. The highest BCUT2D eigenvalue weighted by Gasteiger charge is 2.11. The molecule has 0 radical (unpaired) electrons. The minimum absolute atomic E-state index is 0.0442. The average molecular weight is 318 g/mol. The maximum absolute atomic E-state index is 11.0. The number of carboxylic acids is 1. The molecule has 2 aromatic rings. The van der Waals surface area contributed by atoms with Gasteiger partial charge in [0.15, 0.2) is 0 Å². The van der Waals surface area contributed by atoms with Gasteiger partial charge in [0.1, 0.15) is 5.82 Å². The first kappa shape index (κ1) is 13.9. The molecule has 2 N–H and O–H groups in total. The molecule has 0 amide bonds. The normalized spacial score (nSPS) is 10.3. The maximum Gasteiger partial charge on any atom is 0.337 e. The first-order valence-electron chi connectivity index (χ1n) is 5.08. The predicted molar refractivity (Wildman–Crippen MR) is 76.0 cm³/mol. The Morgan fingerprint density at radius 1 is 1.16 bits per heavy atom. The van der Waals surface area contributed by atoms with Gasteiger partial charge in [0.05, 0.1) is 21.3 Å². The highest BCUT2D eigenvalue weighted by molar-refractivity contribution is 6.35. The Hall–Kier alpha value is -1.49. The van der Waals surface area contributed by atoms with Crippen molar-refractivity contribution in [2.45, 2.75) is 0 Å². The fourth-order valence-corrected chi connectivity index (χ4v) is 1.92. The number of pyridine rings is 1. The molecule has 1 aromatic carbocycles. The molecular weight excluding hydrogens is 311 g/mol. The van der Waals surface area contributed by atoms with Crippen LogP contribution in [0.5, 0.6) is 0 Å². The highest BCUT2D eigenvalue weighted by Crippen LogP contribution is 2.28. The second-order valence-corrected chi connectivity index (χ2v) is 4.85. The Balaban J connectivity index is 2.36. The predicted octanol–water partition coefficient (Wildman–Crippen LogP) is 4.48. The Morgan fingerprint density at radius 3 is 2.58 bits per heavy atom. The van der Waals surface area contributed by atoms with Crippen molar-refractivity contribution in [2.75, 3.05) is 5.32 Å². The van der Waals surface area contributed by atoms with Crippen LogP contribution in [0.15, 0.2) is 30.5 Å². The molecule has 0 unspecified atom stereocenters. The molecule has 7 heteroatoms. The zero-order chi connectivity index (χ0) is 14.0. The molecular formula is C12H7Cl3N2O2. The van der Waals surface area contributed by atoms with Gasteiger partial charge in [-0.15, -0.1) is 0 Å². The van der Waals surface area contributed by atoms with Crippen molar-refractivity contribution in [3.8, 4) is 0 Å². The Morgan fingerprint density at radius 2 is 1.89 bits per heavy atom. The van der Waals surface area contributed by atoms with Crippen molar-refractivity contribution in [3.63, 3.8) is 0 Å². The van der Waals surface area contributed by atoms with E-state index in [1.54, 1.807) is 18.2 Å². The number of hydrogen-bond acceptors (Lipinski definition) is 3. The number of halogens is 3. The minimum Gasteiger partial charge on any atom is -0.478 e. The van der Waals surface area contributed by atoms with Crippen LogP contribution in [0.4, 0.5) is 11.5 Å². The summed E-state index contributed by atoms with van der Waals surface area (Å²) in [7, 11) is 0. The summed E-state index contributed by atoms with van der Waals surface area (Å²) >= 11 is 17.6. The molecule has 0 saturated heterocycles. The van der Waals surface area contributed by atoms with E-state index in [-0.39, 0.29) is 10.6 Å². The van der Waals surface area contributed by atoms with Gasteiger partial charge in [-0.1, -0.05) is 34.8 Å². The molecule has 0 spiro atoms. The third kappa shape index (κ3) is 3.29. The quantitative estimate of drug-likeness (QED) is 0.876. The standard InChI is InChI=1S/C12H7Cl3N2O2/c13-6-1-2-8(14)10(3-6)17-11-4-7(12(18)19)9(15)5-16-11/h1-5H,(H,16,17)(H,18,19). The molecule has 0 saturated carbocycles. The Bertz CT molecular complexity index is 647. The number of hydrogen-bond donors (Lipinski definition) is 2. The van der Waals surface area contributed by atoms with Gasteiger partial charge < -0.3 is 10.4 Å². The van der Waals surface area contributed by atoms with Crippen molar-refractivity contribution in [2.24, 2.45) is 0 Å². The molecule has 1 aromatic heterocycles. The van der Waals surface area contributed by atoms with Crippen molar-refractivity contribution >= 4 is 52.3 Å². The lowest BCUT2D eigenvalue weighted by Crippen LogP contribution is -2.01. The Kier molecular flexibility index (Phi) is 4.14. The summed E-state index contributed by atoms with van der Waals surface area (Å²) in [6, 6.07) is 6.20. The van der Waals surface area contributed by atoms with Crippen LogP contribution in [0.1, 0.15) is 10.4 Å². The van der Waals surface area contributed by atoms with Crippen LogP contribution in [0.2, 0.25) is 15.1 Å². The molecule has 98 valence electrons. The zero-order valence-corrected chi connectivity index (χ0v) is 11.6. The lowest BCUT2D eigenvalue weighted by molar-refractivity contribution is 0.0697. The average Bonchev–Trinajstić information content (AvgIpc) is 2.36. The van der Waals surface area contributed by atoms with Crippen LogP contribution >= 0.6 is 34.8 Å². The second kappa shape index (κ2) is 5.65. The van der Waals surface area contributed by atoms with Crippen LogP contribution in [0.25, 0.3) is 0 Å². The van der Waals surface area contributed by atoms with E-state index < -0.39 is 5.97 Å². The van der Waals surface area contributed by atoms with Gasteiger partial charge in [-0.2, -0.15) is 0 Å². The fourth-order valence-electron chi connectivity index (χ4n) is 1.40. The fraction of sp³-hybridized carbons (Fsp3) is 0. The van der Waals surface area contributed by atoms with Gasteiger partial charge in [-0.05, 0) is 24.3 Å². The van der Waals surface area contributed by atoms with E-state index in [0.29, 0.717) is 21.6 Å². The van der Waals surface area contributed by atoms with Gasteiger partial charge in [-0.25, -0.2) is 9.78 Å². The van der Waals surface area contributed by atoms with Crippen LogP contribution < -0.4 is 5.32 Å². The molecule has 1 heterocycles. The van der Waals surface area contributed by atoms with E-state index in [4.69, 9.17) is 39.9 Å². The molecule has 19 heavy (non-hydrogen) atoms. The summed E-state index contributed by atoms with van der Waals surface area (Å²) in [5, 5.41) is 12.9. The SMILES string of the molecule is O=C(O)c1cc(Nc2cc(Cl)ccc2Cl)ncc1Cl. The largest absolute Gasteiger partial charge is 0.478 e. The molecule has 4 nitrogen and oxygen atoms in total. The first-order valence-corrected chi connectivity index (χ1v) is 6.21. The zero-order valence-electron chi connectivity index (χ0n) is 9.32. The Labute approximate surface area is 123 Å². The monoisotopic (exact) mass is 316 g/mol. The van der Waals surface area contributed by atoms with Gasteiger partial charge >= 0.3 is 5.97 Å². The number of rotatable bonds is 3. The highest BCUT2D eigenvalue weighted by atomic mass is 35.5. The summed E-state index contributed by atoms with van der Waals surface area (Å²) in [5.41, 5.74) is 0.484. The van der Waals surface area contributed by atoms with Crippen molar-refractivity contribution in [1.82, 2.24) is 4.98 Å². The molecule has 0 aliphatic carbocycles. The molecule has 0 fully saturated rings. The smallest absolute Gasteiger partial charge is 0.337 e. The van der Waals surface area contributed by atoms with Crippen LogP contribution in [0, 0.1) is 0 Å². The van der Waals surface area contributed by atoms with Crippen molar-refractivity contribution in [1.29, 1.82) is 0 Å². The van der Waals surface area contributed by atoms with Crippen molar-refractivity contribution < 1.29 is 9.90 Å². The number of benzene rings is 1. The minimum atomic E-state index is -1.13. The van der Waals surface area contributed by atoms with E-state index in [1.165, 1.54) is 12.3 Å². The van der Waals surface area contributed by atoms with Gasteiger partial charge in [0, 0.05) is 11.2 Å². The summed E-state index contributed by atoms with van der Waals surface area (Å²) < 4.78 is 0. The van der Waals surface area contributed by atoms with Crippen LogP contribution in [-0.2, 0) is 0 Å². The lowest BCUT2D eigenvalue weighted by Gasteiger charge is -2.09. The number of nitrogens with zero attached hydrogens (tertiary/aromatic N) is 1. The maximum atomic E-state index is 11.0. The number of aromatic carboxylic acids is 1. The van der Waals surface area contributed by atoms with E-state index in [0.717, 1.165) is 0 Å². The number of aromatic nitrogens is 1. The first-order chi connectivity index (χ1) is 8.97. The number of nitrogens with one attached hydrogen (secondary N) is 1. The summed E-state index contributed by atoms with van der Waals surface area (Å²) in [6.07, 6.45) is 1.26. The van der Waals surface area contributed by atoms with Gasteiger partial charge in [-0.3, -0.25) is 0 Å². The topological polar surface area (TPSA) is 62.2 Å². The summed E-state index contributed by atoms with van der Waals surface area (Å²) in [4.78, 5) is 14.9. The molecule has 0 aliphatic heterocycles. The summed E-state index contributed by atoms with van der Waals surface area (Å²) in [6.45, 7) is 0. The van der Waals surface area contributed by atoms with E-state index in [9.17, 15) is 4.79 Å². The van der Waals surface area contributed by atoms with E-state index in [1.807, 2.05) is 0 Å². The summed E-state index contributed by atoms with van der Waals surface area (Å²) in [5.74, 6) is -0.821. The van der Waals surface area contributed by atoms with E-state index in [2.05, 4.69) is 10.3 Å². The number of carboxylic acid groups (broad SMARTS) is 1. The molecule has 0 aliphatic rings. The molecule has 0 atom stereocenters. The molecule has 0 bridgehead atoms. The lowest BCUT2D eigenvalue weighted by atomic mass is 10.2. The van der Waals surface area contributed by atoms with Gasteiger partial charge in [0.2, 0.25) is 0 Å². The van der Waals surface area contributed by atoms with Crippen LogP contribution in [0.3, 0.4) is 0 Å². The third-order valence-corrected chi connectivity index (χ3v) is 3.14.